The lowest BCUT2D eigenvalue weighted by Crippen LogP contribution is -2.00. The summed E-state index contributed by atoms with van der Waals surface area (Å²) in [6.07, 6.45) is 12.0. The van der Waals surface area contributed by atoms with Crippen LogP contribution in [0.3, 0.4) is 0 Å². The molecule has 0 atom stereocenters. The molecule has 0 N–H and O–H groups in total. The number of para-hydroxylation sites is 1. The van der Waals surface area contributed by atoms with E-state index in [2.05, 4.69) is 17.9 Å². The number of benzene rings is 1. The third kappa shape index (κ3) is 3.64. The van der Waals surface area contributed by atoms with E-state index >= 15 is 0 Å². The van der Waals surface area contributed by atoms with Crippen LogP contribution in [0.4, 0.5) is 0 Å². The van der Waals surface area contributed by atoms with Crippen molar-refractivity contribution in [1.82, 2.24) is 9.78 Å². The first-order valence-corrected chi connectivity index (χ1v) is 7.09. The standard InChI is InChI=1S/C17H20N2O/c1-3-5-6-10-13-20-17-15(4-2)14-19(18-17)16-11-8-7-9-12-16/h2,7-9,11-12,14H,3,5-6,10,13H2,1H3. The van der Waals surface area contributed by atoms with Crippen LogP contribution in [-0.4, -0.2) is 16.4 Å². The molecule has 0 unspecified atom stereocenters. The van der Waals surface area contributed by atoms with Crippen LogP contribution in [0.15, 0.2) is 36.5 Å². The minimum absolute atomic E-state index is 0.549. The Morgan fingerprint density at radius 3 is 2.70 bits per heavy atom. The molecule has 0 bridgehead atoms. The smallest absolute Gasteiger partial charge is 0.249 e. The van der Waals surface area contributed by atoms with Crippen LogP contribution in [0.5, 0.6) is 5.88 Å². The molecule has 104 valence electrons. The van der Waals surface area contributed by atoms with Gasteiger partial charge in [0.15, 0.2) is 0 Å². The molecule has 0 fully saturated rings. The highest BCUT2D eigenvalue weighted by atomic mass is 16.5. The molecule has 0 saturated carbocycles. The number of terminal acetylenes is 1. The van der Waals surface area contributed by atoms with Crippen molar-refractivity contribution in [1.29, 1.82) is 0 Å². The molecule has 2 aromatic rings. The molecule has 0 aliphatic rings. The van der Waals surface area contributed by atoms with Crippen molar-refractivity contribution in [3.8, 4) is 23.9 Å². The van der Waals surface area contributed by atoms with Crippen molar-refractivity contribution < 1.29 is 4.74 Å². The Morgan fingerprint density at radius 1 is 1.20 bits per heavy atom. The molecule has 0 spiro atoms. The fraction of sp³-hybridized carbons (Fsp3) is 0.353. The minimum Gasteiger partial charge on any atom is -0.476 e. The fourth-order valence-electron chi connectivity index (χ4n) is 1.97. The largest absolute Gasteiger partial charge is 0.476 e. The van der Waals surface area contributed by atoms with E-state index < -0.39 is 0 Å². The summed E-state index contributed by atoms with van der Waals surface area (Å²) in [5, 5.41) is 4.42. The van der Waals surface area contributed by atoms with Gasteiger partial charge in [-0.05, 0) is 18.6 Å². The van der Waals surface area contributed by atoms with Gasteiger partial charge in [0, 0.05) is 0 Å². The number of rotatable bonds is 7. The monoisotopic (exact) mass is 268 g/mol. The van der Waals surface area contributed by atoms with E-state index in [-0.39, 0.29) is 0 Å². The van der Waals surface area contributed by atoms with E-state index in [1.807, 2.05) is 36.5 Å². The lowest BCUT2D eigenvalue weighted by atomic mass is 10.2. The van der Waals surface area contributed by atoms with Gasteiger partial charge in [0.25, 0.3) is 0 Å². The van der Waals surface area contributed by atoms with Crippen molar-refractivity contribution >= 4 is 0 Å². The zero-order valence-electron chi connectivity index (χ0n) is 11.9. The van der Waals surface area contributed by atoms with E-state index in [9.17, 15) is 0 Å². The molecular formula is C17H20N2O. The molecule has 3 heteroatoms. The summed E-state index contributed by atoms with van der Waals surface area (Å²) in [6, 6.07) is 9.88. The van der Waals surface area contributed by atoms with E-state index in [1.165, 1.54) is 19.3 Å². The summed E-state index contributed by atoms with van der Waals surface area (Å²) in [5.41, 5.74) is 1.68. The van der Waals surface area contributed by atoms with Crippen molar-refractivity contribution in [2.45, 2.75) is 32.6 Å². The molecule has 1 aromatic heterocycles. The van der Waals surface area contributed by atoms with Gasteiger partial charge < -0.3 is 4.74 Å². The van der Waals surface area contributed by atoms with Gasteiger partial charge in [0.05, 0.1) is 18.5 Å². The third-order valence-corrected chi connectivity index (χ3v) is 3.09. The van der Waals surface area contributed by atoms with Crippen molar-refractivity contribution in [3.63, 3.8) is 0 Å². The molecule has 0 radical (unpaired) electrons. The van der Waals surface area contributed by atoms with E-state index in [0.717, 1.165) is 12.1 Å². The number of nitrogens with zero attached hydrogens (tertiary/aromatic N) is 2. The number of hydrogen-bond donors (Lipinski definition) is 0. The lowest BCUT2D eigenvalue weighted by molar-refractivity contribution is 0.291. The molecule has 0 aliphatic carbocycles. The highest BCUT2D eigenvalue weighted by molar-refractivity contribution is 5.42. The quantitative estimate of drug-likeness (QED) is 0.564. The van der Waals surface area contributed by atoms with Crippen LogP contribution in [0.2, 0.25) is 0 Å². The van der Waals surface area contributed by atoms with Gasteiger partial charge in [-0.3, -0.25) is 0 Å². The lowest BCUT2D eigenvalue weighted by Gasteiger charge is -2.03. The van der Waals surface area contributed by atoms with Crippen molar-refractivity contribution in [2.24, 2.45) is 0 Å². The molecule has 0 saturated heterocycles. The van der Waals surface area contributed by atoms with Gasteiger partial charge in [-0.25, -0.2) is 4.68 Å². The summed E-state index contributed by atoms with van der Waals surface area (Å²) in [6.45, 7) is 2.86. The maximum Gasteiger partial charge on any atom is 0.249 e. The van der Waals surface area contributed by atoms with Gasteiger partial charge in [-0.15, -0.1) is 11.5 Å². The summed E-state index contributed by atoms with van der Waals surface area (Å²) >= 11 is 0. The molecule has 0 aliphatic heterocycles. The van der Waals surface area contributed by atoms with Gasteiger partial charge in [0.1, 0.15) is 5.56 Å². The van der Waals surface area contributed by atoms with Gasteiger partial charge >= 0.3 is 0 Å². The molecule has 1 heterocycles. The first kappa shape index (κ1) is 14.2. The second-order valence-electron chi connectivity index (χ2n) is 4.68. The SMILES string of the molecule is C#Cc1cn(-c2ccccc2)nc1OCCCCCC. The Labute approximate surface area is 120 Å². The Balaban J connectivity index is 2.03. The predicted octanol–water partition coefficient (Wildman–Crippen LogP) is 3.81. The number of unbranched alkanes of at least 4 members (excludes halogenated alkanes) is 3. The Kier molecular flexibility index (Phi) is 5.25. The summed E-state index contributed by atoms with van der Waals surface area (Å²) in [4.78, 5) is 0. The van der Waals surface area contributed by atoms with Crippen molar-refractivity contribution in [3.05, 3.63) is 42.1 Å². The number of ether oxygens (including phenoxy) is 1. The second-order valence-corrected chi connectivity index (χ2v) is 4.68. The number of aromatic nitrogens is 2. The Morgan fingerprint density at radius 2 is 2.00 bits per heavy atom. The second kappa shape index (κ2) is 7.40. The maximum atomic E-state index is 5.70. The van der Waals surface area contributed by atoms with E-state index in [0.29, 0.717) is 18.1 Å². The summed E-state index contributed by atoms with van der Waals surface area (Å²) in [5.74, 6) is 3.18. The van der Waals surface area contributed by atoms with Crippen LogP contribution in [0.25, 0.3) is 5.69 Å². The molecule has 3 nitrogen and oxygen atoms in total. The van der Waals surface area contributed by atoms with Gasteiger partial charge in [0.2, 0.25) is 5.88 Å². The summed E-state index contributed by atoms with van der Waals surface area (Å²) in [7, 11) is 0. The molecule has 0 amide bonds. The highest BCUT2D eigenvalue weighted by Crippen LogP contribution is 2.18. The zero-order valence-corrected chi connectivity index (χ0v) is 11.9. The van der Waals surface area contributed by atoms with Crippen LogP contribution < -0.4 is 4.74 Å². The van der Waals surface area contributed by atoms with E-state index in [1.54, 1.807) is 4.68 Å². The van der Waals surface area contributed by atoms with Crippen LogP contribution in [0, 0.1) is 12.3 Å². The Hall–Kier alpha value is -2.21. The highest BCUT2D eigenvalue weighted by Gasteiger charge is 2.09. The first-order valence-electron chi connectivity index (χ1n) is 7.09. The summed E-state index contributed by atoms with van der Waals surface area (Å²) < 4.78 is 7.46. The van der Waals surface area contributed by atoms with E-state index in [4.69, 9.17) is 11.2 Å². The van der Waals surface area contributed by atoms with Gasteiger partial charge in [-0.2, -0.15) is 0 Å². The molecule has 1 aromatic carbocycles. The minimum atomic E-state index is 0.549. The molecular weight excluding hydrogens is 248 g/mol. The topological polar surface area (TPSA) is 27.1 Å². The maximum absolute atomic E-state index is 5.70. The molecule has 2 rings (SSSR count). The van der Waals surface area contributed by atoms with Crippen LogP contribution in [0.1, 0.15) is 38.2 Å². The average molecular weight is 268 g/mol. The zero-order chi connectivity index (χ0) is 14.2. The predicted molar refractivity (Wildman–Crippen MR) is 81.1 cm³/mol. The normalized spacial score (nSPS) is 10.2. The first-order chi connectivity index (χ1) is 9.85. The van der Waals surface area contributed by atoms with Crippen molar-refractivity contribution in [2.75, 3.05) is 6.61 Å². The molecule has 20 heavy (non-hydrogen) atoms. The van der Waals surface area contributed by atoms with Gasteiger partial charge in [-0.1, -0.05) is 50.3 Å². The van der Waals surface area contributed by atoms with Crippen LogP contribution >= 0.6 is 0 Å². The number of hydrogen-bond acceptors (Lipinski definition) is 2. The average Bonchev–Trinajstić information content (AvgIpc) is 2.91. The third-order valence-electron chi connectivity index (χ3n) is 3.09. The fourth-order valence-corrected chi connectivity index (χ4v) is 1.97. The Bertz CT molecular complexity index is 566. The van der Waals surface area contributed by atoms with Crippen LogP contribution in [-0.2, 0) is 0 Å².